The van der Waals surface area contributed by atoms with Crippen LogP contribution in [0.2, 0.25) is 0 Å². The minimum absolute atomic E-state index is 0.00851. The third-order valence-corrected chi connectivity index (χ3v) is 6.94. The number of anilines is 1. The minimum atomic E-state index is -0.00851. The molecule has 0 spiro atoms. The smallest absolute Gasteiger partial charge is 0.234 e. The number of amides is 1. The van der Waals surface area contributed by atoms with Crippen LogP contribution in [0.15, 0.2) is 37.3 Å². The Bertz CT molecular complexity index is 930. The molecule has 3 rings (SSSR count). The number of hydrogen-bond donors (Lipinski definition) is 1. The second-order valence-corrected chi connectivity index (χ2v) is 9.34. The van der Waals surface area contributed by atoms with E-state index in [0.29, 0.717) is 5.75 Å². The first kappa shape index (κ1) is 20.0. The van der Waals surface area contributed by atoms with Gasteiger partial charge in [-0.05, 0) is 51.5 Å². The predicted octanol–water partition coefficient (Wildman–Crippen LogP) is 5.39. The highest BCUT2D eigenvalue weighted by atomic mass is 32.2. The summed E-state index contributed by atoms with van der Waals surface area (Å²) in [6.07, 6.45) is 0. The Morgan fingerprint density at radius 3 is 2.70 bits per heavy atom. The van der Waals surface area contributed by atoms with Crippen molar-refractivity contribution in [2.24, 2.45) is 0 Å². The van der Waals surface area contributed by atoms with Crippen molar-refractivity contribution >= 4 is 46.5 Å². The van der Waals surface area contributed by atoms with Crippen LogP contribution in [0, 0.1) is 27.7 Å². The molecule has 0 saturated carbocycles. The zero-order valence-corrected chi connectivity index (χ0v) is 18.1. The SMILES string of the molecule is Cc1csc(Sc2ccc(NC(=O)CSCc3c(C)noc3C)c(C)c2)n1. The third-order valence-electron chi connectivity index (χ3n) is 3.94. The van der Waals surface area contributed by atoms with Gasteiger partial charge in [-0.25, -0.2) is 4.98 Å². The molecular weight excluding hydrogens is 398 g/mol. The van der Waals surface area contributed by atoms with Crippen LogP contribution in [0.4, 0.5) is 5.69 Å². The first-order valence-corrected chi connectivity index (χ1v) is 11.3. The molecule has 1 amide bonds. The lowest BCUT2D eigenvalue weighted by Crippen LogP contribution is -2.15. The fourth-order valence-corrected chi connectivity index (χ4v) is 5.35. The van der Waals surface area contributed by atoms with Crippen molar-refractivity contribution in [3.05, 3.63) is 51.9 Å². The lowest BCUT2D eigenvalue weighted by atomic mass is 10.2. The third kappa shape index (κ3) is 5.37. The summed E-state index contributed by atoms with van der Waals surface area (Å²) in [5.41, 5.74) is 4.88. The molecule has 2 aromatic heterocycles. The molecule has 2 heterocycles. The van der Waals surface area contributed by atoms with Crippen molar-refractivity contribution < 1.29 is 9.32 Å². The first-order valence-electron chi connectivity index (χ1n) is 8.42. The van der Waals surface area contributed by atoms with Gasteiger partial charge >= 0.3 is 0 Å². The van der Waals surface area contributed by atoms with Gasteiger partial charge in [-0.3, -0.25) is 4.79 Å². The van der Waals surface area contributed by atoms with Crippen LogP contribution >= 0.6 is 34.9 Å². The number of benzene rings is 1. The van der Waals surface area contributed by atoms with E-state index in [4.69, 9.17) is 4.52 Å². The minimum Gasteiger partial charge on any atom is -0.361 e. The summed E-state index contributed by atoms with van der Waals surface area (Å²) in [7, 11) is 0. The van der Waals surface area contributed by atoms with E-state index < -0.39 is 0 Å². The Morgan fingerprint density at radius 2 is 2.07 bits per heavy atom. The van der Waals surface area contributed by atoms with Crippen LogP contribution in [0.3, 0.4) is 0 Å². The fourth-order valence-electron chi connectivity index (χ4n) is 2.46. The monoisotopic (exact) mass is 419 g/mol. The second-order valence-electron chi connectivity index (χ2n) is 6.18. The molecule has 0 aliphatic rings. The average molecular weight is 420 g/mol. The van der Waals surface area contributed by atoms with Crippen LogP contribution in [0.25, 0.3) is 0 Å². The van der Waals surface area contributed by atoms with Crippen LogP contribution in [-0.2, 0) is 10.5 Å². The van der Waals surface area contributed by atoms with Gasteiger partial charge in [0.15, 0.2) is 4.34 Å². The maximum absolute atomic E-state index is 12.3. The van der Waals surface area contributed by atoms with E-state index >= 15 is 0 Å². The molecule has 0 unspecified atom stereocenters. The molecule has 3 aromatic rings. The molecule has 8 heteroatoms. The summed E-state index contributed by atoms with van der Waals surface area (Å²) in [5.74, 6) is 1.92. The Morgan fingerprint density at radius 1 is 1.26 bits per heavy atom. The lowest BCUT2D eigenvalue weighted by Gasteiger charge is -2.10. The van der Waals surface area contributed by atoms with E-state index in [1.807, 2.05) is 45.2 Å². The standard InChI is InChI=1S/C19H21N3O2S3/c1-11-7-15(27-19-20-12(2)8-26-19)5-6-17(11)21-18(23)10-25-9-16-13(3)22-24-14(16)4/h5-8H,9-10H2,1-4H3,(H,21,23). The van der Waals surface area contributed by atoms with Crippen LogP contribution < -0.4 is 5.32 Å². The maximum Gasteiger partial charge on any atom is 0.234 e. The normalized spacial score (nSPS) is 11.0. The lowest BCUT2D eigenvalue weighted by molar-refractivity contribution is -0.113. The molecule has 27 heavy (non-hydrogen) atoms. The zero-order chi connectivity index (χ0) is 19.4. The van der Waals surface area contributed by atoms with Gasteiger partial charge < -0.3 is 9.84 Å². The Balaban J connectivity index is 1.53. The Labute approximate surface area is 171 Å². The summed E-state index contributed by atoms with van der Waals surface area (Å²) in [4.78, 5) is 17.8. The van der Waals surface area contributed by atoms with Crippen molar-refractivity contribution in [2.75, 3.05) is 11.1 Å². The van der Waals surface area contributed by atoms with E-state index in [1.165, 1.54) is 0 Å². The number of thiazole rings is 1. The van der Waals surface area contributed by atoms with Gasteiger partial charge in [0.2, 0.25) is 5.91 Å². The van der Waals surface area contributed by atoms with E-state index in [0.717, 1.165) is 49.0 Å². The predicted molar refractivity (Wildman–Crippen MR) is 113 cm³/mol. The molecule has 5 nitrogen and oxygen atoms in total. The molecule has 1 N–H and O–H groups in total. The molecule has 0 fully saturated rings. The molecule has 0 bridgehead atoms. The number of rotatable bonds is 7. The fraction of sp³-hybridized carbons (Fsp3) is 0.316. The molecule has 0 radical (unpaired) electrons. The summed E-state index contributed by atoms with van der Waals surface area (Å²) in [5, 5.41) is 8.98. The second kappa shape index (κ2) is 8.95. The van der Waals surface area contributed by atoms with Crippen LogP contribution in [0.1, 0.15) is 28.3 Å². The van der Waals surface area contributed by atoms with Gasteiger partial charge in [0.05, 0.1) is 11.4 Å². The molecule has 0 atom stereocenters. The zero-order valence-electron chi connectivity index (χ0n) is 15.7. The molecule has 1 aromatic carbocycles. The number of aromatic nitrogens is 2. The number of nitrogens with zero attached hydrogens (tertiary/aromatic N) is 2. The largest absolute Gasteiger partial charge is 0.361 e. The van der Waals surface area contributed by atoms with Crippen molar-refractivity contribution in [3.8, 4) is 0 Å². The number of carbonyl (C=O) groups excluding carboxylic acids is 1. The Hall–Kier alpha value is -1.77. The summed E-state index contributed by atoms with van der Waals surface area (Å²) >= 11 is 4.84. The summed E-state index contributed by atoms with van der Waals surface area (Å²) < 4.78 is 6.18. The average Bonchev–Trinajstić information content (AvgIpc) is 3.17. The van der Waals surface area contributed by atoms with Crippen LogP contribution in [-0.4, -0.2) is 21.8 Å². The van der Waals surface area contributed by atoms with Crippen molar-refractivity contribution in [2.45, 2.75) is 42.7 Å². The number of carbonyl (C=O) groups is 1. The van der Waals surface area contributed by atoms with Gasteiger partial charge in [-0.15, -0.1) is 23.1 Å². The quantitative estimate of drug-likeness (QED) is 0.554. The van der Waals surface area contributed by atoms with Gasteiger partial charge in [0.25, 0.3) is 0 Å². The highest BCUT2D eigenvalue weighted by Gasteiger charge is 2.11. The highest BCUT2D eigenvalue weighted by molar-refractivity contribution is 8.01. The van der Waals surface area contributed by atoms with Gasteiger partial charge in [0.1, 0.15) is 5.76 Å². The molecule has 142 valence electrons. The van der Waals surface area contributed by atoms with Crippen LogP contribution in [0.5, 0.6) is 0 Å². The number of aryl methyl sites for hydroxylation is 4. The molecule has 0 aliphatic heterocycles. The van der Waals surface area contributed by atoms with Crippen molar-refractivity contribution in [3.63, 3.8) is 0 Å². The van der Waals surface area contributed by atoms with Crippen molar-refractivity contribution in [1.82, 2.24) is 10.1 Å². The molecule has 0 saturated heterocycles. The summed E-state index contributed by atoms with van der Waals surface area (Å²) in [6.45, 7) is 7.81. The van der Waals surface area contributed by atoms with E-state index in [1.54, 1.807) is 34.9 Å². The van der Waals surface area contributed by atoms with E-state index in [2.05, 4.69) is 21.5 Å². The van der Waals surface area contributed by atoms with Gasteiger partial charge in [0, 0.05) is 33.0 Å². The van der Waals surface area contributed by atoms with E-state index in [9.17, 15) is 4.79 Å². The van der Waals surface area contributed by atoms with Gasteiger partial charge in [-0.2, -0.15) is 0 Å². The number of thioether (sulfide) groups is 1. The summed E-state index contributed by atoms with van der Waals surface area (Å²) in [6, 6.07) is 6.05. The topological polar surface area (TPSA) is 68.0 Å². The molecular formula is C19H21N3O2S3. The van der Waals surface area contributed by atoms with Gasteiger partial charge in [-0.1, -0.05) is 16.9 Å². The number of nitrogens with one attached hydrogen (secondary N) is 1. The Kier molecular flexibility index (Phi) is 6.62. The highest BCUT2D eigenvalue weighted by Crippen LogP contribution is 2.32. The van der Waals surface area contributed by atoms with Crippen molar-refractivity contribution in [1.29, 1.82) is 0 Å². The number of hydrogen-bond acceptors (Lipinski definition) is 7. The van der Waals surface area contributed by atoms with E-state index in [-0.39, 0.29) is 5.91 Å². The molecule has 0 aliphatic carbocycles. The first-order chi connectivity index (χ1) is 12.9. The maximum atomic E-state index is 12.3.